The van der Waals surface area contributed by atoms with Gasteiger partial charge < -0.3 is 15.0 Å². The van der Waals surface area contributed by atoms with Gasteiger partial charge in [-0.05, 0) is 30.7 Å². The van der Waals surface area contributed by atoms with Gasteiger partial charge in [-0.3, -0.25) is 4.79 Å². The molecule has 0 aliphatic carbocycles. The molecule has 124 valence electrons. The van der Waals surface area contributed by atoms with Crippen LogP contribution in [0.25, 0.3) is 10.9 Å². The largest absolute Gasteiger partial charge is 0.387 e. The van der Waals surface area contributed by atoms with E-state index in [1.165, 1.54) is 0 Å². The van der Waals surface area contributed by atoms with E-state index in [1.807, 2.05) is 42.0 Å². The lowest BCUT2D eigenvalue weighted by molar-refractivity contribution is 0.0918. The van der Waals surface area contributed by atoms with E-state index in [-0.39, 0.29) is 12.5 Å². The molecule has 1 atom stereocenters. The number of benzene rings is 2. The molecular weight excluding hydrogens is 324 g/mol. The summed E-state index contributed by atoms with van der Waals surface area (Å²) in [6.45, 7) is 2.96. The smallest absolute Gasteiger partial charge is 0.253 e. The van der Waals surface area contributed by atoms with Crippen molar-refractivity contribution in [3.8, 4) is 0 Å². The molecule has 1 aromatic heterocycles. The number of hydrogen-bond donors (Lipinski definition) is 2. The van der Waals surface area contributed by atoms with Crippen molar-refractivity contribution in [3.63, 3.8) is 0 Å². The second kappa shape index (κ2) is 7.07. The molecule has 3 aromatic rings. The summed E-state index contributed by atoms with van der Waals surface area (Å²) in [5.74, 6) is -0.195. The summed E-state index contributed by atoms with van der Waals surface area (Å²) < 4.78 is 2.04. The summed E-state index contributed by atoms with van der Waals surface area (Å²) in [6, 6.07) is 14.8. The van der Waals surface area contributed by atoms with Crippen molar-refractivity contribution in [2.45, 2.75) is 19.6 Å². The summed E-state index contributed by atoms with van der Waals surface area (Å²) in [5.41, 5.74) is 2.32. The SMILES string of the molecule is CCn1cc(C(=O)NC[C@H](O)c2cccc(Cl)c2)c2ccccc21. The Balaban J connectivity index is 1.76. The van der Waals surface area contributed by atoms with Crippen molar-refractivity contribution < 1.29 is 9.90 Å². The van der Waals surface area contributed by atoms with Gasteiger partial charge in [-0.2, -0.15) is 0 Å². The third kappa shape index (κ3) is 3.30. The maximum absolute atomic E-state index is 12.5. The number of fused-ring (bicyclic) bond motifs is 1. The Morgan fingerprint density at radius 3 is 2.79 bits per heavy atom. The normalized spacial score (nSPS) is 12.3. The van der Waals surface area contributed by atoms with E-state index in [0.29, 0.717) is 16.1 Å². The van der Waals surface area contributed by atoms with Crippen molar-refractivity contribution in [2.24, 2.45) is 0 Å². The quantitative estimate of drug-likeness (QED) is 0.741. The van der Waals surface area contributed by atoms with E-state index >= 15 is 0 Å². The van der Waals surface area contributed by atoms with Crippen LogP contribution >= 0.6 is 11.6 Å². The number of aromatic nitrogens is 1. The minimum atomic E-state index is -0.799. The third-order valence-electron chi connectivity index (χ3n) is 4.06. The van der Waals surface area contributed by atoms with Crippen LogP contribution in [0.15, 0.2) is 54.7 Å². The van der Waals surface area contributed by atoms with Gasteiger partial charge in [0, 0.05) is 35.2 Å². The van der Waals surface area contributed by atoms with E-state index in [2.05, 4.69) is 5.32 Å². The van der Waals surface area contributed by atoms with E-state index in [1.54, 1.807) is 24.3 Å². The molecule has 3 rings (SSSR count). The Hall–Kier alpha value is -2.30. The van der Waals surface area contributed by atoms with Crippen LogP contribution in [0.2, 0.25) is 5.02 Å². The van der Waals surface area contributed by atoms with Gasteiger partial charge in [0.05, 0.1) is 11.7 Å². The van der Waals surface area contributed by atoms with Crippen LogP contribution in [0.5, 0.6) is 0 Å². The number of amides is 1. The summed E-state index contributed by atoms with van der Waals surface area (Å²) in [6.07, 6.45) is 1.05. The van der Waals surface area contributed by atoms with Crippen LogP contribution in [-0.4, -0.2) is 22.1 Å². The van der Waals surface area contributed by atoms with Gasteiger partial charge in [0.1, 0.15) is 0 Å². The molecule has 0 unspecified atom stereocenters. The maximum atomic E-state index is 12.5. The van der Waals surface area contributed by atoms with Crippen molar-refractivity contribution >= 4 is 28.4 Å². The average molecular weight is 343 g/mol. The van der Waals surface area contributed by atoms with Crippen molar-refractivity contribution in [3.05, 3.63) is 70.9 Å². The molecule has 24 heavy (non-hydrogen) atoms. The third-order valence-corrected chi connectivity index (χ3v) is 4.30. The van der Waals surface area contributed by atoms with Gasteiger partial charge in [-0.25, -0.2) is 0 Å². The lowest BCUT2D eigenvalue weighted by Crippen LogP contribution is -2.28. The number of carbonyl (C=O) groups excluding carboxylic acids is 1. The van der Waals surface area contributed by atoms with E-state index in [9.17, 15) is 9.90 Å². The first-order valence-corrected chi connectivity index (χ1v) is 8.27. The summed E-state index contributed by atoms with van der Waals surface area (Å²) >= 11 is 5.93. The predicted molar refractivity (Wildman–Crippen MR) is 96.4 cm³/mol. The molecule has 5 heteroatoms. The van der Waals surface area contributed by atoms with Gasteiger partial charge in [0.15, 0.2) is 0 Å². The highest BCUT2D eigenvalue weighted by atomic mass is 35.5. The zero-order chi connectivity index (χ0) is 17.1. The van der Waals surface area contributed by atoms with Crippen LogP contribution in [0.1, 0.15) is 28.9 Å². The molecular formula is C19H19ClN2O2. The topological polar surface area (TPSA) is 54.3 Å². The number of nitrogens with zero attached hydrogens (tertiary/aromatic N) is 1. The van der Waals surface area contributed by atoms with E-state index in [4.69, 9.17) is 11.6 Å². The number of aliphatic hydroxyl groups excluding tert-OH is 1. The molecule has 0 saturated heterocycles. The first-order valence-electron chi connectivity index (χ1n) is 7.89. The predicted octanol–water partition coefficient (Wildman–Crippen LogP) is 3.78. The van der Waals surface area contributed by atoms with Crippen LogP contribution in [0, 0.1) is 0 Å². The molecule has 2 N–H and O–H groups in total. The fourth-order valence-electron chi connectivity index (χ4n) is 2.81. The number of aliphatic hydroxyl groups is 1. The molecule has 0 aliphatic rings. The highest BCUT2D eigenvalue weighted by molar-refractivity contribution is 6.30. The number of aryl methyl sites for hydroxylation is 1. The van der Waals surface area contributed by atoms with Crippen molar-refractivity contribution in [1.82, 2.24) is 9.88 Å². The lowest BCUT2D eigenvalue weighted by Gasteiger charge is -2.12. The van der Waals surface area contributed by atoms with Crippen molar-refractivity contribution in [2.75, 3.05) is 6.54 Å². The molecule has 0 spiro atoms. The Kier molecular flexibility index (Phi) is 4.88. The molecule has 4 nitrogen and oxygen atoms in total. The van der Waals surface area contributed by atoms with Gasteiger partial charge in [0.25, 0.3) is 5.91 Å². The number of halogens is 1. The van der Waals surface area contributed by atoms with E-state index < -0.39 is 6.10 Å². The minimum absolute atomic E-state index is 0.130. The Morgan fingerprint density at radius 1 is 1.25 bits per heavy atom. The highest BCUT2D eigenvalue weighted by Gasteiger charge is 2.16. The number of rotatable bonds is 5. The monoisotopic (exact) mass is 342 g/mol. The first-order chi connectivity index (χ1) is 11.6. The molecule has 0 fully saturated rings. The fourth-order valence-corrected chi connectivity index (χ4v) is 3.00. The van der Waals surface area contributed by atoms with Crippen LogP contribution in [0.3, 0.4) is 0 Å². The number of para-hydroxylation sites is 1. The Labute approximate surface area is 145 Å². The number of carbonyl (C=O) groups is 1. The Bertz CT molecular complexity index is 873. The van der Waals surface area contributed by atoms with Crippen LogP contribution in [-0.2, 0) is 6.54 Å². The van der Waals surface area contributed by atoms with Gasteiger partial charge in [0.2, 0.25) is 0 Å². The van der Waals surface area contributed by atoms with Crippen LogP contribution in [0.4, 0.5) is 0 Å². The van der Waals surface area contributed by atoms with Gasteiger partial charge in [-0.15, -0.1) is 0 Å². The maximum Gasteiger partial charge on any atom is 0.253 e. The molecule has 2 aromatic carbocycles. The second-order valence-corrected chi connectivity index (χ2v) is 6.06. The molecule has 1 heterocycles. The summed E-state index contributed by atoms with van der Waals surface area (Å²) in [7, 11) is 0. The highest BCUT2D eigenvalue weighted by Crippen LogP contribution is 2.22. The van der Waals surface area contributed by atoms with E-state index in [0.717, 1.165) is 17.4 Å². The Morgan fingerprint density at radius 2 is 2.04 bits per heavy atom. The summed E-state index contributed by atoms with van der Waals surface area (Å²) in [4.78, 5) is 12.5. The molecule has 0 bridgehead atoms. The molecule has 1 amide bonds. The zero-order valence-corrected chi connectivity index (χ0v) is 14.1. The minimum Gasteiger partial charge on any atom is -0.387 e. The first kappa shape index (κ1) is 16.6. The number of nitrogens with one attached hydrogen (secondary N) is 1. The average Bonchev–Trinajstić information content (AvgIpc) is 2.98. The second-order valence-electron chi connectivity index (χ2n) is 5.63. The van der Waals surface area contributed by atoms with Crippen LogP contribution < -0.4 is 5.32 Å². The van der Waals surface area contributed by atoms with Gasteiger partial charge >= 0.3 is 0 Å². The molecule has 0 radical (unpaired) electrons. The zero-order valence-electron chi connectivity index (χ0n) is 13.4. The summed E-state index contributed by atoms with van der Waals surface area (Å²) in [5, 5.41) is 14.5. The fraction of sp³-hybridized carbons (Fsp3) is 0.211. The number of hydrogen-bond acceptors (Lipinski definition) is 2. The standard InChI is InChI=1S/C19H19ClN2O2/c1-2-22-12-16(15-8-3-4-9-17(15)22)19(24)21-11-18(23)13-6-5-7-14(20)10-13/h3-10,12,18,23H,2,11H2,1H3,(H,21,24)/t18-/m0/s1. The molecule has 0 aliphatic heterocycles. The van der Waals surface area contributed by atoms with Crippen molar-refractivity contribution in [1.29, 1.82) is 0 Å². The van der Waals surface area contributed by atoms with Gasteiger partial charge in [-0.1, -0.05) is 41.9 Å². The molecule has 0 saturated carbocycles. The lowest BCUT2D eigenvalue weighted by atomic mass is 10.1.